The first-order valence-corrected chi connectivity index (χ1v) is 10.6. The molecule has 1 aromatic heterocycles. The van der Waals surface area contributed by atoms with Crippen molar-refractivity contribution in [1.82, 2.24) is 20.0 Å². The highest BCUT2D eigenvalue weighted by atomic mass is 19.1. The van der Waals surface area contributed by atoms with Crippen molar-refractivity contribution in [3.63, 3.8) is 0 Å². The van der Waals surface area contributed by atoms with Crippen LogP contribution >= 0.6 is 0 Å². The molecule has 1 atom stereocenters. The highest BCUT2D eigenvalue weighted by molar-refractivity contribution is 5.63. The van der Waals surface area contributed by atoms with Gasteiger partial charge in [0.05, 0.1) is 11.4 Å². The van der Waals surface area contributed by atoms with E-state index >= 15 is 0 Å². The molecule has 0 radical (unpaired) electrons. The van der Waals surface area contributed by atoms with Gasteiger partial charge in [0.1, 0.15) is 5.82 Å². The first kappa shape index (κ1) is 19.8. The van der Waals surface area contributed by atoms with Gasteiger partial charge in [-0.15, -0.1) is 0 Å². The van der Waals surface area contributed by atoms with Gasteiger partial charge in [0.15, 0.2) is 0 Å². The Morgan fingerprint density at radius 1 is 1.10 bits per heavy atom. The van der Waals surface area contributed by atoms with Crippen molar-refractivity contribution in [3.05, 3.63) is 72.2 Å². The fourth-order valence-electron chi connectivity index (χ4n) is 4.12. The lowest BCUT2D eigenvalue weighted by Crippen LogP contribution is -2.39. The second-order valence-electron chi connectivity index (χ2n) is 7.82. The Morgan fingerprint density at radius 3 is 2.66 bits per heavy atom. The van der Waals surface area contributed by atoms with E-state index < -0.39 is 0 Å². The summed E-state index contributed by atoms with van der Waals surface area (Å²) in [6, 6.07) is 16.7. The molecule has 0 bridgehead atoms. The largest absolute Gasteiger partial charge is 0.312 e. The average Bonchev–Trinajstić information content (AvgIpc) is 3.19. The predicted octanol–water partition coefficient (Wildman–Crippen LogP) is 4.50. The molecule has 0 aliphatic carbocycles. The minimum atomic E-state index is -0.228. The molecule has 1 unspecified atom stereocenters. The number of nitrogens with zero attached hydrogens (tertiary/aromatic N) is 3. The van der Waals surface area contributed by atoms with Crippen LogP contribution in [0.1, 0.15) is 25.3 Å². The van der Waals surface area contributed by atoms with E-state index in [1.54, 1.807) is 12.1 Å². The first-order chi connectivity index (χ1) is 14.2. The third kappa shape index (κ3) is 4.92. The molecular weight excluding hydrogens is 363 g/mol. The number of hydrogen-bond donors (Lipinski definition) is 1. The van der Waals surface area contributed by atoms with Crippen molar-refractivity contribution in [2.24, 2.45) is 5.92 Å². The molecule has 29 heavy (non-hydrogen) atoms. The highest BCUT2D eigenvalue weighted by Crippen LogP contribution is 2.24. The topological polar surface area (TPSA) is 33.1 Å². The molecule has 2 aromatic carbocycles. The Kier molecular flexibility index (Phi) is 6.37. The van der Waals surface area contributed by atoms with Crippen molar-refractivity contribution in [1.29, 1.82) is 0 Å². The van der Waals surface area contributed by atoms with Crippen LogP contribution in [0.2, 0.25) is 0 Å². The van der Waals surface area contributed by atoms with Gasteiger partial charge in [0, 0.05) is 30.4 Å². The van der Waals surface area contributed by atoms with E-state index in [-0.39, 0.29) is 5.82 Å². The molecule has 2 heterocycles. The maximum atomic E-state index is 13.4. The SMILES string of the molecule is CCN1CCCC(CNCc2cn(-c3ccccc3)nc2-c2ccc(F)cc2)C1. The molecule has 1 fully saturated rings. The number of likely N-dealkylation sites (tertiary alicyclic amines) is 1. The highest BCUT2D eigenvalue weighted by Gasteiger charge is 2.19. The number of hydrogen-bond acceptors (Lipinski definition) is 3. The number of rotatable bonds is 7. The van der Waals surface area contributed by atoms with Crippen LogP contribution in [0.5, 0.6) is 0 Å². The van der Waals surface area contributed by atoms with Crippen LogP contribution in [0.15, 0.2) is 60.8 Å². The van der Waals surface area contributed by atoms with E-state index in [0.717, 1.165) is 42.1 Å². The van der Waals surface area contributed by atoms with E-state index in [4.69, 9.17) is 5.10 Å². The number of aromatic nitrogens is 2. The van der Waals surface area contributed by atoms with Gasteiger partial charge in [-0.05, 0) is 74.8 Å². The minimum Gasteiger partial charge on any atom is -0.312 e. The van der Waals surface area contributed by atoms with Crippen molar-refractivity contribution >= 4 is 0 Å². The minimum absolute atomic E-state index is 0.228. The van der Waals surface area contributed by atoms with E-state index in [2.05, 4.69) is 23.3 Å². The maximum Gasteiger partial charge on any atom is 0.123 e. The summed E-state index contributed by atoms with van der Waals surface area (Å²) in [5, 5.41) is 8.47. The Balaban J connectivity index is 1.51. The molecule has 0 spiro atoms. The van der Waals surface area contributed by atoms with Gasteiger partial charge in [-0.25, -0.2) is 9.07 Å². The van der Waals surface area contributed by atoms with E-state index in [1.165, 1.54) is 38.1 Å². The van der Waals surface area contributed by atoms with Crippen LogP contribution in [0, 0.1) is 11.7 Å². The smallest absolute Gasteiger partial charge is 0.123 e. The zero-order valence-corrected chi connectivity index (χ0v) is 17.0. The molecule has 4 rings (SSSR count). The summed E-state index contributed by atoms with van der Waals surface area (Å²) in [5.74, 6) is 0.468. The van der Waals surface area contributed by atoms with Gasteiger partial charge in [0.25, 0.3) is 0 Å². The summed E-state index contributed by atoms with van der Waals surface area (Å²) in [6.07, 6.45) is 4.66. The lowest BCUT2D eigenvalue weighted by molar-refractivity contribution is 0.180. The molecular formula is C24H29FN4. The second kappa shape index (κ2) is 9.33. The van der Waals surface area contributed by atoms with Crippen molar-refractivity contribution in [3.8, 4) is 16.9 Å². The van der Waals surface area contributed by atoms with Gasteiger partial charge in [-0.2, -0.15) is 5.10 Å². The lowest BCUT2D eigenvalue weighted by Gasteiger charge is -2.31. The molecule has 1 aliphatic heterocycles. The van der Waals surface area contributed by atoms with Crippen LogP contribution in [0.4, 0.5) is 4.39 Å². The molecule has 5 heteroatoms. The summed E-state index contributed by atoms with van der Waals surface area (Å²) < 4.78 is 15.3. The van der Waals surface area contributed by atoms with Crippen LogP contribution in [-0.2, 0) is 6.54 Å². The number of nitrogens with one attached hydrogen (secondary N) is 1. The third-order valence-electron chi connectivity index (χ3n) is 5.73. The molecule has 1 aliphatic rings. The van der Waals surface area contributed by atoms with Gasteiger partial charge >= 0.3 is 0 Å². The van der Waals surface area contributed by atoms with E-state index in [1.807, 2.05) is 35.0 Å². The van der Waals surface area contributed by atoms with E-state index in [9.17, 15) is 4.39 Å². The summed E-state index contributed by atoms with van der Waals surface area (Å²) in [4.78, 5) is 2.53. The van der Waals surface area contributed by atoms with Crippen LogP contribution < -0.4 is 5.32 Å². The van der Waals surface area contributed by atoms with Crippen molar-refractivity contribution in [2.75, 3.05) is 26.2 Å². The van der Waals surface area contributed by atoms with Gasteiger partial charge in [0.2, 0.25) is 0 Å². The Morgan fingerprint density at radius 2 is 1.90 bits per heavy atom. The zero-order valence-electron chi connectivity index (χ0n) is 17.0. The van der Waals surface area contributed by atoms with Gasteiger partial charge < -0.3 is 10.2 Å². The molecule has 1 N–H and O–H groups in total. The van der Waals surface area contributed by atoms with Crippen LogP contribution in [0.25, 0.3) is 16.9 Å². The van der Waals surface area contributed by atoms with Crippen LogP contribution in [0.3, 0.4) is 0 Å². The Bertz CT molecular complexity index is 904. The summed E-state index contributed by atoms with van der Waals surface area (Å²) in [5.41, 5.74) is 3.99. The van der Waals surface area contributed by atoms with Gasteiger partial charge in [-0.3, -0.25) is 0 Å². The Labute approximate surface area is 172 Å². The third-order valence-corrected chi connectivity index (χ3v) is 5.73. The van der Waals surface area contributed by atoms with E-state index in [0.29, 0.717) is 5.92 Å². The maximum absolute atomic E-state index is 13.4. The first-order valence-electron chi connectivity index (χ1n) is 10.6. The molecule has 0 saturated carbocycles. The summed E-state index contributed by atoms with van der Waals surface area (Å²) in [7, 11) is 0. The quantitative estimate of drug-likeness (QED) is 0.643. The Hall–Kier alpha value is -2.50. The molecule has 0 amide bonds. The predicted molar refractivity (Wildman–Crippen MR) is 116 cm³/mol. The van der Waals surface area contributed by atoms with Crippen molar-refractivity contribution < 1.29 is 4.39 Å². The molecule has 3 aromatic rings. The molecule has 152 valence electrons. The van der Waals surface area contributed by atoms with Crippen LogP contribution in [-0.4, -0.2) is 40.9 Å². The fraction of sp³-hybridized carbons (Fsp3) is 0.375. The lowest BCUT2D eigenvalue weighted by atomic mass is 9.98. The summed E-state index contributed by atoms with van der Waals surface area (Å²) >= 11 is 0. The number of halogens is 1. The van der Waals surface area contributed by atoms with Crippen molar-refractivity contribution in [2.45, 2.75) is 26.3 Å². The molecule has 4 nitrogen and oxygen atoms in total. The monoisotopic (exact) mass is 392 g/mol. The number of piperidine rings is 1. The fourth-order valence-corrected chi connectivity index (χ4v) is 4.12. The average molecular weight is 393 g/mol. The standard InChI is InChI=1S/C24H29FN4/c1-2-28-14-6-7-19(17-28)15-26-16-21-18-29(23-8-4-3-5-9-23)27-24(21)20-10-12-22(25)13-11-20/h3-5,8-13,18-19,26H,2,6-7,14-17H2,1H3. The second-order valence-corrected chi connectivity index (χ2v) is 7.82. The normalized spacial score (nSPS) is 17.5. The number of para-hydroxylation sites is 1. The molecule has 1 saturated heterocycles. The number of benzene rings is 2. The summed E-state index contributed by atoms with van der Waals surface area (Å²) in [6.45, 7) is 7.54. The van der Waals surface area contributed by atoms with Gasteiger partial charge in [-0.1, -0.05) is 25.1 Å². The zero-order chi connectivity index (χ0) is 20.1.